The molecule has 1 aromatic rings. The molecule has 1 aliphatic rings. The Kier molecular flexibility index (Phi) is 5.04. The van der Waals surface area contributed by atoms with Gasteiger partial charge in [-0.25, -0.2) is 0 Å². The van der Waals surface area contributed by atoms with Crippen LogP contribution < -0.4 is 5.32 Å². The Morgan fingerprint density at radius 1 is 1.19 bits per heavy atom. The van der Waals surface area contributed by atoms with Crippen LogP contribution >= 0.6 is 0 Å². The summed E-state index contributed by atoms with van der Waals surface area (Å²) in [6, 6.07) is 8.71. The number of hydrogen-bond acceptors (Lipinski definition) is 2. The predicted octanol–water partition coefficient (Wildman–Crippen LogP) is 3.64. The van der Waals surface area contributed by atoms with Crippen molar-refractivity contribution in [3.63, 3.8) is 0 Å². The van der Waals surface area contributed by atoms with Gasteiger partial charge in [-0.3, -0.25) is 10.1 Å². The van der Waals surface area contributed by atoms with Crippen LogP contribution in [-0.4, -0.2) is 22.9 Å². The van der Waals surface area contributed by atoms with Gasteiger partial charge in [-0.1, -0.05) is 50.6 Å². The Hall–Kier alpha value is -1.35. The van der Waals surface area contributed by atoms with Gasteiger partial charge in [0.15, 0.2) is 0 Å². The van der Waals surface area contributed by atoms with Crippen molar-refractivity contribution < 1.29 is 4.79 Å². The lowest BCUT2D eigenvalue weighted by atomic mass is 10.0. The summed E-state index contributed by atoms with van der Waals surface area (Å²) >= 11 is 0. The van der Waals surface area contributed by atoms with E-state index < -0.39 is 0 Å². The molecule has 3 nitrogen and oxygen atoms in total. The van der Waals surface area contributed by atoms with Crippen LogP contribution in [0.1, 0.15) is 57.8 Å². The molecule has 3 unspecified atom stereocenters. The monoisotopic (exact) mass is 288 g/mol. The fourth-order valence-corrected chi connectivity index (χ4v) is 3.21. The fraction of sp³-hybridized carbons (Fsp3) is 0.611. The van der Waals surface area contributed by atoms with E-state index >= 15 is 0 Å². The van der Waals surface area contributed by atoms with Crippen molar-refractivity contribution in [1.82, 2.24) is 10.2 Å². The van der Waals surface area contributed by atoms with Gasteiger partial charge in [0, 0.05) is 6.04 Å². The normalized spacial score (nSPS) is 23.9. The van der Waals surface area contributed by atoms with E-state index in [1.165, 1.54) is 11.1 Å². The second-order valence-corrected chi connectivity index (χ2v) is 6.66. The lowest BCUT2D eigenvalue weighted by molar-refractivity contribution is -0.132. The maximum Gasteiger partial charge on any atom is 0.241 e. The maximum absolute atomic E-state index is 12.7. The molecule has 1 fully saturated rings. The summed E-state index contributed by atoms with van der Waals surface area (Å²) in [6.07, 6.45) is 1.88. The number of carbonyl (C=O) groups excluding carboxylic acids is 1. The first-order chi connectivity index (χ1) is 9.93. The number of carbonyl (C=O) groups is 1. The van der Waals surface area contributed by atoms with Gasteiger partial charge >= 0.3 is 0 Å². The standard InChI is InChI=1S/C18H28N2O/c1-6-16-18(21)20(14(5)11-12(2)3)17(19-16)15-9-7-13(4)8-10-15/h7-10,12,14,16-17,19H,6,11H2,1-5H3. The van der Waals surface area contributed by atoms with Crippen molar-refractivity contribution in [3.05, 3.63) is 35.4 Å². The molecule has 1 aliphatic heterocycles. The molecular weight excluding hydrogens is 260 g/mol. The third kappa shape index (κ3) is 3.46. The van der Waals surface area contributed by atoms with E-state index in [0.29, 0.717) is 5.92 Å². The quantitative estimate of drug-likeness (QED) is 0.897. The van der Waals surface area contributed by atoms with Gasteiger partial charge < -0.3 is 4.90 Å². The largest absolute Gasteiger partial charge is 0.319 e. The number of nitrogens with one attached hydrogen (secondary N) is 1. The Morgan fingerprint density at radius 2 is 1.81 bits per heavy atom. The molecule has 0 aliphatic carbocycles. The van der Waals surface area contributed by atoms with E-state index in [-0.39, 0.29) is 24.2 Å². The van der Waals surface area contributed by atoms with Gasteiger partial charge in [0.05, 0.1) is 6.04 Å². The molecule has 0 saturated carbocycles. The highest BCUT2D eigenvalue weighted by atomic mass is 16.2. The molecule has 0 bridgehead atoms. The summed E-state index contributed by atoms with van der Waals surface area (Å²) in [5.74, 6) is 0.836. The zero-order valence-electron chi connectivity index (χ0n) is 13.9. The van der Waals surface area contributed by atoms with Gasteiger partial charge in [0.2, 0.25) is 5.91 Å². The molecule has 1 amide bonds. The van der Waals surface area contributed by atoms with Gasteiger partial charge in [-0.15, -0.1) is 0 Å². The SMILES string of the molecule is CCC1NC(c2ccc(C)cc2)N(C(C)CC(C)C)C1=O. The van der Waals surface area contributed by atoms with Crippen LogP contribution in [-0.2, 0) is 4.79 Å². The zero-order chi connectivity index (χ0) is 15.6. The number of amides is 1. The number of aryl methyl sites for hydroxylation is 1. The van der Waals surface area contributed by atoms with Crippen molar-refractivity contribution in [3.8, 4) is 0 Å². The average Bonchev–Trinajstić information content (AvgIpc) is 2.75. The van der Waals surface area contributed by atoms with E-state index in [4.69, 9.17) is 0 Å². The molecule has 0 aromatic heterocycles. The number of benzene rings is 1. The van der Waals surface area contributed by atoms with Gasteiger partial charge in [-0.2, -0.15) is 0 Å². The molecule has 21 heavy (non-hydrogen) atoms. The van der Waals surface area contributed by atoms with E-state index in [2.05, 4.69) is 69.1 Å². The second-order valence-electron chi connectivity index (χ2n) is 6.66. The van der Waals surface area contributed by atoms with E-state index in [9.17, 15) is 4.79 Å². The van der Waals surface area contributed by atoms with Gasteiger partial charge in [0.25, 0.3) is 0 Å². The first-order valence-electron chi connectivity index (χ1n) is 8.08. The molecule has 116 valence electrons. The molecule has 1 aromatic carbocycles. The fourth-order valence-electron chi connectivity index (χ4n) is 3.21. The topological polar surface area (TPSA) is 32.3 Å². The van der Waals surface area contributed by atoms with E-state index in [0.717, 1.165) is 12.8 Å². The van der Waals surface area contributed by atoms with Crippen molar-refractivity contribution >= 4 is 5.91 Å². The molecule has 3 atom stereocenters. The maximum atomic E-state index is 12.7. The molecule has 2 rings (SSSR count). The Labute approximate surface area is 128 Å². The third-order valence-electron chi connectivity index (χ3n) is 4.28. The lowest BCUT2D eigenvalue weighted by Crippen LogP contribution is -2.39. The molecule has 3 heteroatoms. The van der Waals surface area contributed by atoms with Crippen LogP contribution in [0.3, 0.4) is 0 Å². The second kappa shape index (κ2) is 6.61. The Balaban J connectivity index is 2.27. The molecule has 1 N–H and O–H groups in total. The van der Waals surface area contributed by atoms with Crippen LogP contribution in [0.5, 0.6) is 0 Å². The van der Waals surface area contributed by atoms with Crippen LogP contribution in [0.25, 0.3) is 0 Å². The summed E-state index contributed by atoms with van der Waals surface area (Å²) in [5, 5.41) is 3.51. The summed E-state index contributed by atoms with van der Waals surface area (Å²) in [4.78, 5) is 14.7. The van der Waals surface area contributed by atoms with Crippen molar-refractivity contribution in [1.29, 1.82) is 0 Å². The third-order valence-corrected chi connectivity index (χ3v) is 4.28. The molecule has 0 radical (unpaired) electrons. The van der Waals surface area contributed by atoms with Crippen LogP contribution in [0.15, 0.2) is 24.3 Å². The first-order valence-corrected chi connectivity index (χ1v) is 8.08. The highest BCUT2D eigenvalue weighted by Crippen LogP contribution is 2.30. The molecule has 1 heterocycles. The summed E-state index contributed by atoms with van der Waals surface area (Å²) in [6.45, 7) is 10.7. The minimum absolute atomic E-state index is 0.0109. The Morgan fingerprint density at radius 3 is 2.33 bits per heavy atom. The minimum Gasteiger partial charge on any atom is -0.319 e. The van der Waals surface area contributed by atoms with Crippen molar-refractivity contribution in [2.45, 2.75) is 65.7 Å². The molecular formula is C18H28N2O. The van der Waals surface area contributed by atoms with E-state index in [1.807, 2.05) is 0 Å². The van der Waals surface area contributed by atoms with E-state index in [1.54, 1.807) is 0 Å². The van der Waals surface area contributed by atoms with Crippen molar-refractivity contribution in [2.24, 2.45) is 5.92 Å². The number of hydrogen-bond donors (Lipinski definition) is 1. The Bertz CT molecular complexity index is 480. The van der Waals surface area contributed by atoms with Gasteiger partial charge in [0.1, 0.15) is 6.17 Å². The summed E-state index contributed by atoms with van der Waals surface area (Å²) in [7, 11) is 0. The first kappa shape index (κ1) is 16.0. The summed E-state index contributed by atoms with van der Waals surface area (Å²) < 4.78 is 0. The highest BCUT2D eigenvalue weighted by Gasteiger charge is 2.40. The smallest absolute Gasteiger partial charge is 0.241 e. The number of rotatable bonds is 5. The summed E-state index contributed by atoms with van der Waals surface area (Å²) in [5.41, 5.74) is 2.43. The van der Waals surface area contributed by atoms with Crippen molar-refractivity contribution in [2.75, 3.05) is 0 Å². The number of nitrogens with zero attached hydrogens (tertiary/aromatic N) is 1. The minimum atomic E-state index is -0.0501. The van der Waals surface area contributed by atoms with Crippen LogP contribution in [0.4, 0.5) is 0 Å². The van der Waals surface area contributed by atoms with Crippen LogP contribution in [0, 0.1) is 12.8 Å². The predicted molar refractivity (Wildman–Crippen MR) is 86.9 cm³/mol. The highest BCUT2D eigenvalue weighted by molar-refractivity contribution is 5.84. The zero-order valence-corrected chi connectivity index (χ0v) is 13.9. The molecule has 1 saturated heterocycles. The van der Waals surface area contributed by atoms with Gasteiger partial charge in [-0.05, 0) is 38.2 Å². The van der Waals surface area contributed by atoms with Crippen LogP contribution in [0.2, 0.25) is 0 Å². The molecule has 0 spiro atoms. The average molecular weight is 288 g/mol. The lowest BCUT2D eigenvalue weighted by Gasteiger charge is -2.31.